The molecule has 5 rings (SSSR count). The minimum absolute atomic E-state index is 0.0512. The van der Waals surface area contributed by atoms with Crippen LogP contribution in [0.3, 0.4) is 0 Å². The van der Waals surface area contributed by atoms with Crippen molar-refractivity contribution in [3.8, 4) is 0 Å². The Hall–Kier alpha value is -3.00. The quantitative estimate of drug-likeness (QED) is 0.753. The molecule has 1 spiro atoms. The molecule has 3 aliphatic heterocycles. The van der Waals surface area contributed by atoms with E-state index in [2.05, 4.69) is 22.3 Å². The standard InChI is InChI=1S/C21H23N5O3/c1-2-11-26-16(7-10-23-26)24-19(27)17-15-6-8-21(29-15)13-25(20(28)18(17)21)12-14-5-3-4-9-22-14/h3-10,15,17-18H,2,11-13H2,1H3,(H,24,27)/t15-,17+,18-,21-/m1/s1. The van der Waals surface area contributed by atoms with E-state index >= 15 is 0 Å². The van der Waals surface area contributed by atoms with Crippen LogP contribution in [-0.4, -0.2) is 49.7 Å². The number of anilines is 1. The zero-order valence-corrected chi connectivity index (χ0v) is 16.2. The number of hydrogen-bond donors (Lipinski definition) is 1. The Kier molecular flexibility index (Phi) is 4.24. The number of amides is 2. The van der Waals surface area contributed by atoms with Gasteiger partial charge in [0.1, 0.15) is 11.4 Å². The van der Waals surface area contributed by atoms with Crippen molar-refractivity contribution in [3.63, 3.8) is 0 Å². The summed E-state index contributed by atoms with van der Waals surface area (Å²) < 4.78 is 7.94. The van der Waals surface area contributed by atoms with Crippen molar-refractivity contribution in [3.05, 3.63) is 54.5 Å². The normalized spacial score (nSPS) is 29.5. The Bertz CT molecular complexity index is 972. The maximum atomic E-state index is 13.2. The number of pyridine rings is 1. The Labute approximate surface area is 168 Å². The first kappa shape index (κ1) is 18.1. The Morgan fingerprint density at radius 1 is 1.34 bits per heavy atom. The Morgan fingerprint density at radius 3 is 3.03 bits per heavy atom. The minimum Gasteiger partial charge on any atom is -0.360 e. The SMILES string of the molecule is CCCn1nccc1NC(=O)[C@H]1[C@H]2C=C[C@]3(CN(Cc4ccccn4)C(=O)[C@@H]13)O2. The Balaban J connectivity index is 1.37. The fraction of sp³-hybridized carbons (Fsp3) is 0.429. The summed E-state index contributed by atoms with van der Waals surface area (Å²) >= 11 is 0. The number of aryl methyl sites for hydroxylation is 1. The van der Waals surface area contributed by atoms with Crippen molar-refractivity contribution in [2.75, 3.05) is 11.9 Å². The van der Waals surface area contributed by atoms with Gasteiger partial charge in [-0.1, -0.05) is 25.1 Å². The van der Waals surface area contributed by atoms with Crippen LogP contribution in [0.25, 0.3) is 0 Å². The van der Waals surface area contributed by atoms with E-state index in [-0.39, 0.29) is 17.9 Å². The molecule has 0 unspecified atom stereocenters. The zero-order valence-electron chi connectivity index (χ0n) is 16.2. The predicted molar refractivity (Wildman–Crippen MR) is 105 cm³/mol. The number of likely N-dealkylation sites (tertiary alicyclic amines) is 1. The maximum absolute atomic E-state index is 13.2. The van der Waals surface area contributed by atoms with Gasteiger partial charge < -0.3 is 15.0 Å². The fourth-order valence-corrected chi connectivity index (χ4v) is 4.74. The van der Waals surface area contributed by atoms with Crippen LogP contribution in [0.2, 0.25) is 0 Å². The summed E-state index contributed by atoms with van der Waals surface area (Å²) in [6.07, 6.45) is 7.80. The topological polar surface area (TPSA) is 89.4 Å². The first-order valence-corrected chi connectivity index (χ1v) is 10.00. The van der Waals surface area contributed by atoms with Gasteiger partial charge in [0, 0.05) is 18.8 Å². The summed E-state index contributed by atoms with van der Waals surface area (Å²) in [5.74, 6) is -0.662. The van der Waals surface area contributed by atoms with Crippen LogP contribution in [0, 0.1) is 11.8 Å². The molecule has 0 radical (unpaired) electrons. The lowest BCUT2D eigenvalue weighted by Crippen LogP contribution is -2.41. The molecule has 5 heterocycles. The zero-order chi connectivity index (χ0) is 20.0. The van der Waals surface area contributed by atoms with Gasteiger partial charge in [-0.3, -0.25) is 14.6 Å². The maximum Gasteiger partial charge on any atom is 0.232 e. The predicted octanol–water partition coefficient (Wildman–Crippen LogP) is 1.61. The van der Waals surface area contributed by atoms with E-state index in [9.17, 15) is 9.59 Å². The van der Waals surface area contributed by atoms with Gasteiger partial charge >= 0.3 is 0 Å². The molecule has 2 fully saturated rings. The van der Waals surface area contributed by atoms with E-state index in [1.807, 2.05) is 30.4 Å². The number of ether oxygens (including phenoxy) is 1. The number of fused-ring (bicyclic) bond motifs is 1. The summed E-state index contributed by atoms with van der Waals surface area (Å²) in [5.41, 5.74) is 0.0996. The first-order valence-electron chi connectivity index (χ1n) is 10.00. The van der Waals surface area contributed by atoms with Gasteiger partial charge in [0.15, 0.2) is 0 Å². The molecule has 0 aromatic carbocycles. The van der Waals surface area contributed by atoms with E-state index in [4.69, 9.17) is 4.74 Å². The number of carbonyl (C=O) groups is 2. The number of carbonyl (C=O) groups excluding carboxylic acids is 2. The third-order valence-electron chi connectivity index (χ3n) is 5.96. The molecule has 0 saturated carbocycles. The van der Waals surface area contributed by atoms with Crippen molar-refractivity contribution in [1.82, 2.24) is 19.7 Å². The molecule has 2 amide bonds. The lowest BCUT2D eigenvalue weighted by atomic mass is 9.77. The summed E-state index contributed by atoms with van der Waals surface area (Å²) in [5, 5.41) is 7.21. The number of hydrogen-bond acceptors (Lipinski definition) is 5. The highest BCUT2D eigenvalue weighted by Gasteiger charge is 2.66. The summed E-state index contributed by atoms with van der Waals surface area (Å²) in [4.78, 5) is 32.5. The van der Waals surface area contributed by atoms with Gasteiger partial charge in [0.25, 0.3) is 0 Å². The van der Waals surface area contributed by atoms with E-state index in [0.717, 1.165) is 18.7 Å². The molecule has 2 bridgehead atoms. The molecule has 2 aromatic rings. The van der Waals surface area contributed by atoms with Gasteiger partial charge in [-0.25, -0.2) is 4.68 Å². The Morgan fingerprint density at radius 2 is 2.24 bits per heavy atom. The molecule has 2 aromatic heterocycles. The molecule has 4 atom stereocenters. The van der Waals surface area contributed by atoms with Crippen molar-refractivity contribution in [2.45, 2.75) is 38.1 Å². The molecular formula is C21H23N5O3. The van der Waals surface area contributed by atoms with Crippen molar-refractivity contribution in [2.24, 2.45) is 11.8 Å². The second-order valence-electron chi connectivity index (χ2n) is 7.84. The largest absolute Gasteiger partial charge is 0.360 e. The number of rotatable bonds is 6. The molecule has 2 saturated heterocycles. The average molecular weight is 393 g/mol. The lowest BCUT2D eigenvalue weighted by molar-refractivity contribution is -0.136. The van der Waals surface area contributed by atoms with Crippen LogP contribution in [0.1, 0.15) is 19.0 Å². The highest BCUT2D eigenvalue weighted by molar-refractivity contribution is 5.98. The van der Waals surface area contributed by atoms with E-state index in [0.29, 0.717) is 18.9 Å². The monoisotopic (exact) mass is 393 g/mol. The van der Waals surface area contributed by atoms with Crippen molar-refractivity contribution < 1.29 is 14.3 Å². The van der Waals surface area contributed by atoms with Crippen molar-refractivity contribution >= 4 is 17.6 Å². The molecule has 3 aliphatic rings. The minimum atomic E-state index is -0.720. The molecule has 8 heteroatoms. The fourth-order valence-electron chi connectivity index (χ4n) is 4.74. The summed E-state index contributed by atoms with van der Waals surface area (Å²) in [6, 6.07) is 7.42. The van der Waals surface area contributed by atoms with Crippen LogP contribution >= 0.6 is 0 Å². The highest BCUT2D eigenvalue weighted by atomic mass is 16.5. The van der Waals surface area contributed by atoms with Crippen LogP contribution in [0.5, 0.6) is 0 Å². The number of nitrogens with zero attached hydrogens (tertiary/aromatic N) is 4. The van der Waals surface area contributed by atoms with E-state index in [1.54, 1.807) is 28.0 Å². The molecule has 150 valence electrons. The van der Waals surface area contributed by atoms with E-state index < -0.39 is 17.4 Å². The highest BCUT2D eigenvalue weighted by Crippen LogP contribution is 2.52. The lowest BCUT2D eigenvalue weighted by Gasteiger charge is -2.23. The van der Waals surface area contributed by atoms with E-state index in [1.165, 1.54) is 0 Å². The third kappa shape index (κ3) is 2.86. The summed E-state index contributed by atoms with van der Waals surface area (Å²) in [7, 11) is 0. The molecule has 0 aliphatic carbocycles. The second kappa shape index (κ2) is 6.81. The number of nitrogens with one attached hydrogen (secondary N) is 1. The first-order chi connectivity index (χ1) is 14.1. The third-order valence-corrected chi connectivity index (χ3v) is 5.96. The smallest absolute Gasteiger partial charge is 0.232 e. The molecule has 1 N–H and O–H groups in total. The van der Waals surface area contributed by atoms with Gasteiger partial charge in [0.2, 0.25) is 11.8 Å². The van der Waals surface area contributed by atoms with Gasteiger partial charge in [-0.2, -0.15) is 5.10 Å². The van der Waals surface area contributed by atoms with Crippen molar-refractivity contribution in [1.29, 1.82) is 0 Å². The molecular weight excluding hydrogens is 370 g/mol. The summed E-state index contributed by atoms with van der Waals surface area (Å²) in [6.45, 7) is 3.63. The van der Waals surface area contributed by atoms with Gasteiger partial charge in [0.05, 0.1) is 42.9 Å². The van der Waals surface area contributed by atoms with Crippen LogP contribution < -0.4 is 5.32 Å². The second-order valence-corrected chi connectivity index (χ2v) is 7.84. The molecule has 29 heavy (non-hydrogen) atoms. The number of aromatic nitrogens is 3. The average Bonchev–Trinajstić information content (AvgIpc) is 3.46. The van der Waals surface area contributed by atoms with Gasteiger partial charge in [-0.05, 0) is 18.6 Å². The van der Waals surface area contributed by atoms with Crippen LogP contribution in [-0.2, 0) is 27.4 Å². The molecule has 8 nitrogen and oxygen atoms in total. The van der Waals surface area contributed by atoms with Crippen LogP contribution in [0.15, 0.2) is 48.8 Å². The van der Waals surface area contributed by atoms with Gasteiger partial charge in [-0.15, -0.1) is 0 Å². The van der Waals surface area contributed by atoms with Crippen LogP contribution in [0.4, 0.5) is 5.82 Å².